The number of rotatable bonds is 8. The molecule has 0 fully saturated rings. The summed E-state index contributed by atoms with van der Waals surface area (Å²) >= 11 is 5.97. The maximum absolute atomic E-state index is 12.1. The van der Waals surface area contributed by atoms with Crippen LogP contribution in [0.3, 0.4) is 0 Å². The second-order valence-electron chi connectivity index (χ2n) is 5.59. The van der Waals surface area contributed by atoms with Crippen LogP contribution < -0.4 is 15.8 Å². The van der Waals surface area contributed by atoms with Crippen LogP contribution in [0.15, 0.2) is 28.7 Å². The van der Waals surface area contributed by atoms with Crippen LogP contribution in [-0.2, 0) is 4.79 Å². The van der Waals surface area contributed by atoms with Crippen molar-refractivity contribution in [2.24, 2.45) is 5.73 Å². The third-order valence-electron chi connectivity index (χ3n) is 3.58. The average molecular weight is 379 g/mol. The molecule has 1 aromatic heterocycles. The summed E-state index contributed by atoms with van der Waals surface area (Å²) in [7, 11) is 0. The van der Waals surface area contributed by atoms with Crippen LogP contribution in [0.5, 0.6) is 5.75 Å². The van der Waals surface area contributed by atoms with Crippen molar-refractivity contribution in [3.63, 3.8) is 0 Å². The van der Waals surface area contributed by atoms with E-state index in [4.69, 9.17) is 26.5 Å². The first kappa shape index (κ1) is 19.5. The van der Waals surface area contributed by atoms with Crippen molar-refractivity contribution < 1.29 is 23.5 Å². The Bertz CT molecular complexity index is 844. The fraction of sp³-hybridized carbons (Fsp3) is 0.278. The number of para-hydroxylation sites is 1. The van der Waals surface area contributed by atoms with Crippen LogP contribution in [0.2, 0.25) is 5.02 Å². The van der Waals surface area contributed by atoms with Crippen molar-refractivity contribution in [1.82, 2.24) is 0 Å². The molecule has 0 atom stereocenters. The van der Waals surface area contributed by atoms with Gasteiger partial charge in [-0.25, -0.2) is 0 Å². The molecule has 0 saturated carbocycles. The minimum absolute atomic E-state index is 0.0786. The van der Waals surface area contributed by atoms with Crippen LogP contribution in [-0.4, -0.2) is 24.2 Å². The largest absolute Gasteiger partial charge is 0.492 e. The molecule has 0 aliphatic rings. The number of halogens is 1. The van der Waals surface area contributed by atoms with Gasteiger partial charge in [-0.1, -0.05) is 23.7 Å². The van der Waals surface area contributed by atoms with Gasteiger partial charge >= 0.3 is 0 Å². The Morgan fingerprint density at radius 2 is 1.92 bits per heavy atom. The quantitative estimate of drug-likeness (QED) is 0.540. The SMILES string of the molecule is CC(=O)c1c(C)oc(NC(=O)CCCOc2ccccc2Cl)c1C(N)=O. The zero-order valence-corrected chi connectivity index (χ0v) is 15.2. The number of nitrogens with two attached hydrogens (primary N) is 1. The number of anilines is 1. The minimum atomic E-state index is -0.843. The Hall–Kier alpha value is -2.80. The topological polar surface area (TPSA) is 112 Å². The lowest BCUT2D eigenvalue weighted by atomic mass is 10.1. The summed E-state index contributed by atoms with van der Waals surface area (Å²) in [5, 5.41) is 2.97. The second-order valence-corrected chi connectivity index (χ2v) is 6.00. The molecule has 0 bridgehead atoms. The monoisotopic (exact) mass is 378 g/mol. The number of carbonyl (C=O) groups excluding carboxylic acids is 3. The fourth-order valence-electron chi connectivity index (χ4n) is 2.46. The summed E-state index contributed by atoms with van der Waals surface area (Å²) in [5.74, 6) is -0.948. The van der Waals surface area contributed by atoms with Gasteiger partial charge in [0.1, 0.15) is 17.1 Å². The lowest BCUT2D eigenvalue weighted by Crippen LogP contribution is -2.19. The van der Waals surface area contributed by atoms with E-state index in [0.717, 1.165) is 0 Å². The molecule has 2 amide bonds. The second kappa shape index (κ2) is 8.53. The molecular formula is C18H19ClN2O5. The molecule has 0 aliphatic heterocycles. The Labute approximate surface area is 155 Å². The normalized spacial score (nSPS) is 10.4. The van der Waals surface area contributed by atoms with E-state index in [2.05, 4.69) is 5.32 Å². The van der Waals surface area contributed by atoms with Crippen molar-refractivity contribution in [2.45, 2.75) is 26.7 Å². The van der Waals surface area contributed by atoms with E-state index < -0.39 is 5.91 Å². The number of hydrogen-bond donors (Lipinski definition) is 2. The van der Waals surface area contributed by atoms with Crippen LogP contribution in [0.4, 0.5) is 5.88 Å². The molecule has 1 aromatic carbocycles. The van der Waals surface area contributed by atoms with Gasteiger partial charge in [0.25, 0.3) is 5.91 Å². The van der Waals surface area contributed by atoms with Gasteiger partial charge < -0.3 is 14.9 Å². The Morgan fingerprint density at radius 1 is 1.23 bits per heavy atom. The van der Waals surface area contributed by atoms with E-state index in [9.17, 15) is 14.4 Å². The standard InChI is InChI=1S/C18H19ClN2O5/c1-10(22)15-11(2)26-18(16(15)17(20)24)21-14(23)8-5-9-25-13-7-4-3-6-12(13)19/h3-4,6-7H,5,8-9H2,1-2H3,(H2,20,24)(H,21,23). The molecule has 7 nitrogen and oxygen atoms in total. The van der Waals surface area contributed by atoms with Gasteiger partial charge in [-0.05, 0) is 32.4 Å². The third kappa shape index (κ3) is 4.64. The smallest absolute Gasteiger partial charge is 0.255 e. The molecule has 26 heavy (non-hydrogen) atoms. The number of ether oxygens (including phenoxy) is 1. The van der Waals surface area contributed by atoms with Crippen LogP contribution in [0, 0.1) is 6.92 Å². The fourth-order valence-corrected chi connectivity index (χ4v) is 2.65. The number of ketones is 1. The number of primary amides is 1. The van der Waals surface area contributed by atoms with Gasteiger partial charge in [0, 0.05) is 6.42 Å². The number of nitrogens with one attached hydrogen (secondary N) is 1. The van der Waals surface area contributed by atoms with Gasteiger partial charge in [-0.2, -0.15) is 0 Å². The molecule has 2 aromatic rings. The summed E-state index contributed by atoms with van der Waals surface area (Å²) in [6.45, 7) is 3.11. The first-order valence-electron chi connectivity index (χ1n) is 7.92. The first-order valence-corrected chi connectivity index (χ1v) is 8.30. The third-order valence-corrected chi connectivity index (χ3v) is 3.89. The maximum Gasteiger partial charge on any atom is 0.255 e. The highest BCUT2D eigenvalue weighted by Crippen LogP contribution is 2.27. The van der Waals surface area contributed by atoms with Crippen LogP contribution in [0.1, 0.15) is 46.2 Å². The van der Waals surface area contributed by atoms with E-state index >= 15 is 0 Å². The van der Waals surface area contributed by atoms with Gasteiger partial charge in [-0.15, -0.1) is 0 Å². The summed E-state index contributed by atoms with van der Waals surface area (Å²) < 4.78 is 10.8. The average Bonchev–Trinajstić information content (AvgIpc) is 2.89. The van der Waals surface area contributed by atoms with E-state index in [1.165, 1.54) is 13.8 Å². The maximum atomic E-state index is 12.1. The highest BCUT2D eigenvalue weighted by molar-refractivity contribution is 6.32. The first-order chi connectivity index (χ1) is 12.3. The van der Waals surface area contributed by atoms with Gasteiger partial charge in [0.05, 0.1) is 17.2 Å². The molecule has 138 valence electrons. The Balaban J connectivity index is 1.94. The predicted octanol–water partition coefficient (Wildman–Crippen LogP) is 3.34. The Morgan fingerprint density at radius 3 is 2.54 bits per heavy atom. The summed E-state index contributed by atoms with van der Waals surface area (Å²) in [6, 6.07) is 7.03. The lowest BCUT2D eigenvalue weighted by Gasteiger charge is -2.08. The van der Waals surface area contributed by atoms with Crippen molar-refractivity contribution in [1.29, 1.82) is 0 Å². The predicted molar refractivity (Wildman–Crippen MR) is 96.8 cm³/mol. The molecule has 2 rings (SSSR count). The molecule has 1 heterocycles. The van der Waals surface area contributed by atoms with Crippen molar-refractivity contribution in [3.8, 4) is 5.75 Å². The van der Waals surface area contributed by atoms with E-state index in [0.29, 0.717) is 17.2 Å². The lowest BCUT2D eigenvalue weighted by molar-refractivity contribution is -0.116. The molecule has 0 spiro atoms. The highest BCUT2D eigenvalue weighted by atomic mass is 35.5. The molecule has 0 radical (unpaired) electrons. The number of furan rings is 1. The van der Waals surface area contributed by atoms with Gasteiger partial charge in [0.15, 0.2) is 5.78 Å². The number of hydrogen-bond acceptors (Lipinski definition) is 5. The molecule has 8 heteroatoms. The van der Waals surface area contributed by atoms with Crippen molar-refractivity contribution in [2.75, 3.05) is 11.9 Å². The van der Waals surface area contributed by atoms with Crippen molar-refractivity contribution >= 4 is 35.1 Å². The minimum Gasteiger partial charge on any atom is -0.492 e. The summed E-state index contributed by atoms with van der Waals surface area (Å²) in [4.78, 5) is 35.3. The number of benzene rings is 1. The highest BCUT2D eigenvalue weighted by Gasteiger charge is 2.26. The van der Waals surface area contributed by atoms with E-state index in [-0.39, 0.29) is 47.5 Å². The number of aryl methyl sites for hydroxylation is 1. The molecule has 0 unspecified atom stereocenters. The zero-order chi connectivity index (χ0) is 19.3. The number of Topliss-reactive ketones (excluding diaryl/α,β-unsaturated/α-hetero) is 1. The molecule has 0 saturated heterocycles. The van der Waals surface area contributed by atoms with Crippen molar-refractivity contribution in [3.05, 3.63) is 46.2 Å². The molecule has 0 aliphatic carbocycles. The summed E-state index contributed by atoms with van der Waals surface area (Å²) in [5.41, 5.74) is 5.27. The van der Waals surface area contributed by atoms with Crippen LogP contribution >= 0.6 is 11.6 Å². The Kier molecular flexibility index (Phi) is 6.41. The van der Waals surface area contributed by atoms with Gasteiger partial charge in [0.2, 0.25) is 11.8 Å². The summed E-state index contributed by atoms with van der Waals surface area (Å²) in [6.07, 6.45) is 0.542. The molecular weight excluding hydrogens is 360 g/mol. The van der Waals surface area contributed by atoms with Crippen LogP contribution in [0.25, 0.3) is 0 Å². The van der Waals surface area contributed by atoms with Gasteiger partial charge in [-0.3, -0.25) is 19.7 Å². The molecule has 3 N–H and O–H groups in total. The van der Waals surface area contributed by atoms with E-state index in [1.807, 2.05) is 0 Å². The zero-order valence-electron chi connectivity index (χ0n) is 14.4. The van der Waals surface area contributed by atoms with E-state index in [1.54, 1.807) is 24.3 Å². The number of carbonyl (C=O) groups is 3. The number of amides is 2.